The fourth-order valence-electron chi connectivity index (χ4n) is 7.75. The van der Waals surface area contributed by atoms with Crippen LogP contribution in [0.4, 0.5) is 0 Å². The SMILES string of the molecule is C[N+]1(CC2CC2)CC[C@@]23C4C5=C(O)C=CC4CC1[C@]2(O)CC[C@@H](O)[C@@H]3O5. The lowest BCUT2D eigenvalue weighted by Gasteiger charge is -2.67. The lowest BCUT2D eigenvalue weighted by atomic mass is 9.43. The van der Waals surface area contributed by atoms with Gasteiger partial charge in [0.15, 0.2) is 5.76 Å². The number of piperidine rings is 1. The second kappa shape index (κ2) is 4.68. The minimum absolute atomic E-state index is 0.0170. The van der Waals surface area contributed by atoms with E-state index in [0.29, 0.717) is 24.5 Å². The fraction of sp³-hybridized carbons (Fsp3) is 0.810. The number of rotatable bonds is 2. The molecule has 5 heteroatoms. The highest BCUT2D eigenvalue weighted by Crippen LogP contribution is 2.70. The quantitative estimate of drug-likeness (QED) is 0.658. The molecule has 0 radical (unpaired) electrons. The maximum atomic E-state index is 12.2. The predicted octanol–water partition coefficient (Wildman–Crippen LogP) is 1.86. The van der Waals surface area contributed by atoms with Crippen molar-refractivity contribution in [3.63, 3.8) is 0 Å². The molecule has 0 aromatic heterocycles. The van der Waals surface area contributed by atoms with Gasteiger partial charge in [-0.3, -0.25) is 0 Å². The smallest absolute Gasteiger partial charge is 0.153 e. The Kier molecular flexibility index (Phi) is 2.87. The molecule has 6 aliphatic rings. The molecule has 1 spiro atoms. The zero-order valence-corrected chi connectivity index (χ0v) is 15.5. The van der Waals surface area contributed by atoms with Gasteiger partial charge in [0.2, 0.25) is 0 Å². The molecule has 4 unspecified atom stereocenters. The van der Waals surface area contributed by atoms with Crippen molar-refractivity contribution in [1.29, 1.82) is 0 Å². The molecule has 3 N–H and O–H groups in total. The summed E-state index contributed by atoms with van der Waals surface area (Å²) >= 11 is 0. The number of aliphatic hydroxyl groups excluding tert-OH is 2. The summed E-state index contributed by atoms with van der Waals surface area (Å²) in [6.45, 7) is 2.21. The number of likely N-dealkylation sites (N-methyl/N-ethyl adjacent to an activating group) is 1. The van der Waals surface area contributed by atoms with Gasteiger partial charge < -0.3 is 24.5 Å². The largest absolute Gasteiger partial charge is 0.504 e. The minimum Gasteiger partial charge on any atom is -0.504 e. The first-order valence-corrected chi connectivity index (χ1v) is 10.4. The summed E-state index contributed by atoms with van der Waals surface area (Å²) < 4.78 is 7.21. The number of likely N-dealkylation sites (tertiary alicyclic amines) is 1. The standard InChI is InChI=1S/C21H29NO4/c1-22(11-12-2-3-12)9-8-20-17-13-4-5-14(23)18(17)26-19(20)15(24)6-7-21(20,25)16(22)10-13/h4-5,12-13,15-17,19,24-25H,2-3,6-11H2,1H3/p+1/t13?,15-,16?,17?,19+,20+,21-,22?/m1/s1. The van der Waals surface area contributed by atoms with E-state index in [9.17, 15) is 15.3 Å². The molecule has 0 aromatic rings. The van der Waals surface area contributed by atoms with Crippen LogP contribution in [0.5, 0.6) is 0 Å². The topological polar surface area (TPSA) is 69.9 Å². The number of allylic oxidation sites excluding steroid dienone is 3. The molecule has 2 heterocycles. The van der Waals surface area contributed by atoms with Crippen LogP contribution >= 0.6 is 0 Å². The molecule has 142 valence electrons. The Labute approximate surface area is 154 Å². The Morgan fingerprint density at radius 3 is 2.85 bits per heavy atom. The third-order valence-electron chi connectivity index (χ3n) is 8.97. The summed E-state index contributed by atoms with van der Waals surface area (Å²) in [6, 6.07) is 0.195. The van der Waals surface area contributed by atoms with Crippen molar-refractivity contribution in [2.45, 2.75) is 62.4 Å². The zero-order valence-electron chi connectivity index (χ0n) is 15.5. The number of hydrogen-bond donors (Lipinski definition) is 3. The summed E-state index contributed by atoms with van der Waals surface area (Å²) in [6.07, 6.45) is 8.70. The van der Waals surface area contributed by atoms with Crippen molar-refractivity contribution in [2.24, 2.45) is 23.2 Å². The van der Waals surface area contributed by atoms with E-state index in [1.807, 2.05) is 0 Å². The molecular formula is C21H30NO4+. The lowest BCUT2D eigenvalue weighted by Crippen LogP contribution is -2.81. The molecule has 5 nitrogen and oxygen atoms in total. The van der Waals surface area contributed by atoms with Crippen molar-refractivity contribution >= 4 is 0 Å². The van der Waals surface area contributed by atoms with E-state index in [2.05, 4.69) is 13.1 Å². The Morgan fingerprint density at radius 1 is 1.27 bits per heavy atom. The van der Waals surface area contributed by atoms with Crippen LogP contribution in [-0.4, -0.2) is 63.8 Å². The van der Waals surface area contributed by atoms with Gasteiger partial charge in [0, 0.05) is 24.7 Å². The monoisotopic (exact) mass is 360 g/mol. The molecule has 26 heavy (non-hydrogen) atoms. The van der Waals surface area contributed by atoms with Crippen LogP contribution in [0, 0.1) is 23.2 Å². The second-order valence-corrected chi connectivity index (χ2v) is 10.2. The van der Waals surface area contributed by atoms with Gasteiger partial charge in [-0.2, -0.15) is 0 Å². The van der Waals surface area contributed by atoms with Gasteiger partial charge >= 0.3 is 0 Å². The van der Waals surface area contributed by atoms with E-state index >= 15 is 0 Å². The average molecular weight is 360 g/mol. The van der Waals surface area contributed by atoms with E-state index in [-0.39, 0.29) is 23.8 Å². The molecule has 0 amide bonds. The highest BCUT2D eigenvalue weighted by atomic mass is 16.5. The van der Waals surface area contributed by atoms with Gasteiger partial charge in [-0.05, 0) is 37.7 Å². The zero-order chi connectivity index (χ0) is 17.9. The number of hydrogen-bond acceptors (Lipinski definition) is 4. The molecule has 6 rings (SSSR count). The van der Waals surface area contributed by atoms with Crippen molar-refractivity contribution in [2.75, 3.05) is 20.1 Å². The van der Waals surface area contributed by atoms with Crippen LogP contribution in [0.1, 0.15) is 38.5 Å². The molecule has 0 aromatic carbocycles. The molecule has 2 aliphatic heterocycles. The summed E-state index contributed by atoms with van der Waals surface area (Å²) in [4.78, 5) is 0. The Morgan fingerprint density at radius 2 is 2.08 bits per heavy atom. The van der Waals surface area contributed by atoms with Crippen LogP contribution in [0.25, 0.3) is 0 Å². The van der Waals surface area contributed by atoms with Crippen LogP contribution in [0.3, 0.4) is 0 Å². The van der Waals surface area contributed by atoms with Crippen molar-refractivity contribution in [3.05, 3.63) is 23.7 Å². The van der Waals surface area contributed by atoms with Gasteiger partial charge in [0.1, 0.15) is 23.5 Å². The molecule has 4 aliphatic carbocycles. The lowest BCUT2D eigenvalue weighted by molar-refractivity contribution is -0.954. The molecule has 8 atom stereocenters. The average Bonchev–Trinajstić information content (AvgIpc) is 3.32. The van der Waals surface area contributed by atoms with Gasteiger partial charge in [-0.15, -0.1) is 0 Å². The summed E-state index contributed by atoms with van der Waals surface area (Å²) in [7, 11) is 2.35. The maximum absolute atomic E-state index is 12.2. The molecule has 3 saturated carbocycles. The highest BCUT2D eigenvalue weighted by molar-refractivity contribution is 5.37. The van der Waals surface area contributed by atoms with E-state index in [4.69, 9.17) is 4.74 Å². The van der Waals surface area contributed by atoms with E-state index < -0.39 is 17.1 Å². The van der Waals surface area contributed by atoms with Crippen LogP contribution in [0.2, 0.25) is 0 Å². The summed E-state index contributed by atoms with van der Waals surface area (Å²) in [5, 5.41) is 33.5. The third-order valence-corrected chi connectivity index (χ3v) is 8.97. The molecule has 5 fully saturated rings. The van der Waals surface area contributed by atoms with E-state index in [1.165, 1.54) is 19.4 Å². The van der Waals surface area contributed by atoms with Crippen molar-refractivity contribution in [1.82, 2.24) is 0 Å². The van der Waals surface area contributed by atoms with Gasteiger partial charge in [-0.1, -0.05) is 6.08 Å². The van der Waals surface area contributed by atoms with Crippen LogP contribution < -0.4 is 0 Å². The Balaban J connectivity index is 1.53. The normalized spacial score (nSPS) is 57.0. The van der Waals surface area contributed by atoms with Crippen LogP contribution in [0.15, 0.2) is 23.7 Å². The minimum atomic E-state index is -0.812. The first-order valence-electron chi connectivity index (χ1n) is 10.4. The van der Waals surface area contributed by atoms with Crippen LogP contribution in [-0.2, 0) is 4.74 Å². The number of quaternary nitrogens is 1. The second-order valence-electron chi connectivity index (χ2n) is 10.2. The van der Waals surface area contributed by atoms with Gasteiger partial charge in [-0.25, -0.2) is 0 Å². The first-order chi connectivity index (χ1) is 12.4. The van der Waals surface area contributed by atoms with Crippen molar-refractivity contribution in [3.8, 4) is 0 Å². The van der Waals surface area contributed by atoms with E-state index in [1.54, 1.807) is 6.08 Å². The van der Waals surface area contributed by atoms with Gasteiger partial charge in [0.25, 0.3) is 0 Å². The summed E-state index contributed by atoms with van der Waals surface area (Å²) in [5.41, 5.74) is -1.26. The number of ether oxygens (including phenoxy) is 1. The molecule has 2 bridgehead atoms. The van der Waals surface area contributed by atoms with E-state index in [0.717, 1.165) is 29.8 Å². The van der Waals surface area contributed by atoms with Gasteiger partial charge in [0.05, 0.1) is 31.7 Å². The molecular weight excluding hydrogens is 330 g/mol. The highest BCUT2D eigenvalue weighted by Gasteiger charge is 2.79. The predicted molar refractivity (Wildman–Crippen MR) is 94.9 cm³/mol. The number of aliphatic hydroxyl groups is 3. The maximum Gasteiger partial charge on any atom is 0.153 e. The molecule has 2 saturated heterocycles. The third kappa shape index (κ3) is 1.65. The number of nitrogens with zero attached hydrogens (tertiary/aromatic N) is 1. The van der Waals surface area contributed by atoms with Crippen molar-refractivity contribution < 1.29 is 24.5 Å². The fourth-order valence-corrected chi connectivity index (χ4v) is 7.75. The Bertz CT molecular complexity index is 730. The Hall–Kier alpha value is -1.04. The summed E-state index contributed by atoms with van der Waals surface area (Å²) in [5.74, 6) is 1.96. The first kappa shape index (κ1) is 16.0.